The molecule has 1 rings (SSSR count). The molecular weight excluding hydrogens is 194 g/mol. The van der Waals surface area contributed by atoms with Crippen molar-refractivity contribution < 1.29 is 14.7 Å². The highest BCUT2D eigenvalue weighted by molar-refractivity contribution is 5.83. The van der Waals surface area contributed by atoms with Gasteiger partial charge in [0, 0.05) is 13.0 Å². The molecule has 2 atom stereocenters. The lowest BCUT2D eigenvalue weighted by atomic mass is 9.97. The highest BCUT2D eigenvalue weighted by atomic mass is 16.4. The van der Waals surface area contributed by atoms with Gasteiger partial charge >= 0.3 is 5.97 Å². The Morgan fingerprint density at radius 1 is 1.47 bits per heavy atom. The summed E-state index contributed by atoms with van der Waals surface area (Å²) in [6.45, 7) is 5.29. The van der Waals surface area contributed by atoms with Crippen LogP contribution in [0.4, 0.5) is 0 Å². The summed E-state index contributed by atoms with van der Waals surface area (Å²) < 4.78 is 0. The Bertz CT molecular complexity index is 261. The fourth-order valence-corrected chi connectivity index (χ4v) is 1.89. The second-order valence-electron chi connectivity index (χ2n) is 4.33. The van der Waals surface area contributed by atoms with Crippen LogP contribution in [0.1, 0.15) is 40.0 Å². The number of amides is 1. The Morgan fingerprint density at radius 2 is 2.00 bits per heavy atom. The van der Waals surface area contributed by atoms with Crippen molar-refractivity contribution in [3.63, 3.8) is 0 Å². The van der Waals surface area contributed by atoms with Crippen LogP contribution in [0, 0.1) is 5.92 Å². The number of carbonyl (C=O) groups excluding carboxylic acids is 1. The molecule has 1 fully saturated rings. The van der Waals surface area contributed by atoms with Crippen molar-refractivity contribution in [3.8, 4) is 0 Å². The number of hydrogen-bond donors (Lipinski definition) is 1. The van der Waals surface area contributed by atoms with E-state index in [9.17, 15) is 14.7 Å². The van der Waals surface area contributed by atoms with Gasteiger partial charge in [-0.3, -0.25) is 4.79 Å². The Hall–Kier alpha value is -1.06. The van der Waals surface area contributed by atoms with Crippen molar-refractivity contribution >= 4 is 11.9 Å². The molecule has 0 radical (unpaired) electrons. The van der Waals surface area contributed by atoms with Crippen molar-refractivity contribution in [2.45, 2.75) is 52.1 Å². The second-order valence-corrected chi connectivity index (χ2v) is 4.33. The molecule has 0 aliphatic heterocycles. The summed E-state index contributed by atoms with van der Waals surface area (Å²) >= 11 is 0. The molecule has 1 saturated carbocycles. The molecule has 1 aliphatic carbocycles. The van der Waals surface area contributed by atoms with Crippen LogP contribution >= 0.6 is 0 Å². The zero-order valence-electron chi connectivity index (χ0n) is 9.56. The number of carbonyl (C=O) groups is 2. The first-order valence-electron chi connectivity index (χ1n) is 5.50. The number of rotatable bonds is 5. The molecule has 0 aromatic carbocycles. The van der Waals surface area contributed by atoms with Gasteiger partial charge < -0.3 is 10.0 Å². The summed E-state index contributed by atoms with van der Waals surface area (Å²) in [6, 6.07) is -0.488. The third-order valence-corrected chi connectivity index (χ3v) is 3.04. The molecule has 0 spiro atoms. The van der Waals surface area contributed by atoms with Gasteiger partial charge in [-0.2, -0.15) is 0 Å². The Morgan fingerprint density at radius 3 is 2.27 bits per heavy atom. The second kappa shape index (κ2) is 4.64. The van der Waals surface area contributed by atoms with Crippen molar-refractivity contribution in [2.24, 2.45) is 5.92 Å². The van der Waals surface area contributed by atoms with Crippen LogP contribution in [0.2, 0.25) is 0 Å². The molecule has 1 aliphatic rings. The molecular formula is C11H19NO3. The summed E-state index contributed by atoms with van der Waals surface area (Å²) in [4.78, 5) is 24.2. The van der Waals surface area contributed by atoms with Crippen LogP contribution in [0.3, 0.4) is 0 Å². The zero-order valence-corrected chi connectivity index (χ0v) is 9.56. The quantitative estimate of drug-likeness (QED) is 0.752. The van der Waals surface area contributed by atoms with Crippen LogP contribution in [-0.2, 0) is 9.59 Å². The Labute approximate surface area is 90.3 Å². The predicted molar refractivity (Wildman–Crippen MR) is 56.4 cm³/mol. The van der Waals surface area contributed by atoms with Gasteiger partial charge in [0.05, 0.1) is 0 Å². The molecule has 0 bridgehead atoms. The van der Waals surface area contributed by atoms with Gasteiger partial charge in [-0.15, -0.1) is 0 Å². The van der Waals surface area contributed by atoms with Gasteiger partial charge in [0.25, 0.3) is 0 Å². The third-order valence-electron chi connectivity index (χ3n) is 3.04. The maximum absolute atomic E-state index is 11.5. The molecule has 2 unspecified atom stereocenters. The Kier molecular flexibility index (Phi) is 3.72. The number of hydrogen-bond acceptors (Lipinski definition) is 2. The highest BCUT2D eigenvalue weighted by Crippen LogP contribution is 2.31. The fourth-order valence-electron chi connectivity index (χ4n) is 1.89. The van der Waals surface area contributed by atoms with E-state index < -0.39 is 12.0 Å². The first-order valence-corrected chi connectivity index (χ1v) is 5.50. The van der Waals surface area contributed by atoms with Gasteiger partial charge in [0.1, 0.15) is 6.04 Å². The average molecular weight is 213 g/mol. The minimum absolute atomic E-state index is 0.00648. The molecule has 0 heterocycles. The van der Waals surface area contributed by atoms with E-state index in [0.29, 0.717) is 0 Å². The van der Waals surface area contributed by atoms with Crippen LogP contribution in [0.15, 0.2) is 0 Å². The van der Waals surface area contributed by atoms with Crippen molar-refractivity contribution in [1.29, 1.82) is 0 Å². The van der Waals surface area contributed by atoms with Crippen molar-refractivity contribution in [2.75, 3.05) is 0 Å². The predicted octanol–water partition coefficient (Wildman–Crippen LogP) is 1.50. The van der Waals surface area contributed by atoms with E-state index >= 15 is 0 Å². The van der Waals surface area contributed by atoms with Gasteiger partial charge in [-0.25, -0.2) is 4.79 Å². The van der Waals surface area contributed by atoms with Gasteiger partial charge in [-0.05, 0) is 18.8 Å². The summed E-state index contributed by atoms with van der Waals surface area (Å²) in [6.07, 6.45) is 2.66. The number of aliphatic carboxylic acids is 1. The zero-order chi connectivity index (χ0) is 11.6. The van der Waals surface area contributed by atoms with E-state index in [2.05, 4.69) is 0 Å². The van der Waals surface area contributed by atoms with Crippen LogP contribution in [0.25, 0.3) is 0 Å². The molecule has 15 heavy (non-hydrogen) atoms. The van der Waals surface area contributed by atoms with Crippen LogP contribution in [-0.4, -0.2) is 34.0 Å². The minimum atomic E-state index is -0.883. The van der Waals surface area contributed by atoms with E-state index in [4.69, 9.17) is 0 Å². The number of nitrogens with zero attached hydrogens (tertiary/aromatic N) is 1. The average Bonchev–Trinajstić information content (AvgIpc) is 2.94. The highest BCUT2D eigenvalue weighted by Gasteiger charge is 2.41. The van der Waals surface area contributed by atoms with E-state index in [1.165, 1.54) is 6.92 Å². The smallest absolute Gasteiger partial charge is 0.326 e. The van der Waals surface area contributed by atoms with Crippen molar-refractivity contribution in [3.05, 3.63) is 0 Å². The third kappa shape index (κ3) is 2.70. The van der Waals surface area contributed by atoms with E-state index in [0.717, 1.165) is 19.3 Å². The summed E-state index contributed by atoms with van der Waals surface area (Å²) in [5, 5.41) is 9.18. The molecule has 0 aromatic rings. The minimum Gasteiger partial charge on any atom is -0.480 e. The molecule has 0 aromatic heterocycles. The first-order chi connectivity index (χ1) is 6.99. The van der Waals surface area contributed by atoms with Crippen LogP contribution < -0.4 is 0 Å². The summed E-state index contributed by atoms with van der Waals surface area (Å²) in [5.41, 5.74) is 0. The standard InChI is InChI=1S/C11H19NO3/c1-4-7(2)10(11(14)15)12(8(3)13)9-5-6-9/h7,9-10H,4-6H2,1-3H3,(H,14,15). The lowest BCUT2D eigenvalue weighted by molar-refractivity contribution is -0.152. The topological polar surface area (TPSA) is 57.6 Å². The maximum Gasteiger partial charge on any atom is 0.326 e. The monoisotopic (exact) mass is 213 g/mol. The van der Waals surface area contributed by atoms with E-state index in [1.54, 1.807) is 4.90 Å². The van der Waals surface area contributed by atoms with Crippen LogP contribution in [0.5, 0.6) is 0 Å². The SMILES string of the molecule is CCC(C)C(C(=O)O)N(C(C)=O)C1CC1. The fraction of sp³-hybridized carbons (Fsp3) is 0.818. The number of carboxylic acids is 1. The largest absolute Gasteiger partial charge is 0.480 e. The number of carboxylic acid groups (broad SMARTS) is 1. The lowest BCUT2D eigenvalue weighted by Crippen LogP contribution is -2.49. The van der Waals surface area contributed by atoms with Gasteiger partial charge in [0.2, 0.25) is 5.91 Å². The van der Waals surface area contributed by atoms with E-state index in [1.807, 2.05) is 13.8 Å². The Balaban J connectivity index is 2.83. The molecule has 4 heteroatoms. The molecule has 1 amide bonds. The summed E-state index contributed by atoms with van der Waals surface area (Å²) in [7, 11) is 0. The van der Waals surface area contributed by atoms with Gasteiger partial charge in [-0.1, -0.05) is 20.3 Å². The summed E-state index contributed by atoms with van der Waals surface area (Å²) in [5.74, 6) is -0.997. The molecule has 86 valence electrons. The molecule has 4 nitrogen and oxygen atoms in total. The normalized spacial score (nSPS) is 19.4. The van der Waals surface area contributed by atoms with Gasteiger partial charge in [0.15, 0.2) is 0 Å². The van der Waals surface area contributed by atoms with E-state index in [-0.39, 0.29) is 17.9 Å². The molecule has 0 saturated heterocycles. The lowest BCUT2D eigenvalue weighted by Gasteiger charge is -2.31. The maximum atomic E-state index is 11.5. The van der Waals surface area contributed by atoms with Crippen molar-refractivity contribution in [1.82, 2.24) is 4.90 Å². The first kappa shape index (κ1) is 12.0. The molecule has 1 N–H and O–H groups in total.